The third kappa shape index (κ3) is 6.41. The molecule has 0 aromatic heterocycles. The van der Waals surface area contributed by atoms with Gasteiger partial charge in [0.1, 0.15) is 18.5 Å². The van der Waals surface area contributed by atoms with Gasteiger partial charge in [-0.1, -0.05) is 6.07 Å². The van der Waals surface area contributed by atoms with Gasteiger partial charge in [0, 0.05) is 46.6 Å². The Bertz CT molecular complexity index is 902. The predicted octanol–water partition coefficient (Wildman–Crippen LogP) is 0.199. The molecule has 2 aliphatic rings. The van der Waals surface area contributed by atoms with Gasteiger partial charge in [0.25, 0.3) is 5.91 Å². The summed E-state index contributed by atoms with van der Waals surface area (Å²) < 4.78 is 29.7. The van der Waals surface area contributed by atoms with Crippen molar-refractivity contribution in [3.8, 4) is 0 Å². The smallest absolute Gasteiger partial charge is 0.332 e. The topological polar surface area (TPSA) is 114 Å². The lowest BCUT2D eigenvalue weighted by atomic mass is 9.95. The molecule has 2 amide bonds. The van der Waals surface area contributed by atoms with Gasteiger partial charge >= 0.3 is 11.9 Å². The summed E-state index contributed by atoms with van der Waals surface area (Å²) in [5.41, 5.74) is 0.914. The highest BCUT2D eigenvalue weighted by atomic mass is 19.1. The second-order valence-corrected chi connectivity index (χ2v) is 7.96. The van der Waals surface area contributed by atoms with E-state index in [0.717, 1.165) is 0 Å². The van der Waals surface area contributed by atoms with E-state index >= 15 is 0 Å². The molecule has 3 rings (SSSR count). The molecule has 11 heteroatoms. The molecule has 1 aromatic carbocycles. The highest BCUT2D eigenvalue weighted by Gasteiger charge is 2.36. The molecule has 33 heavy (non-hydrogen) atoms. The van der Waals surface area contributed by atoms with Crippen molar-refractivity contribution in [2.24, 2.45) is 0 Å². The van der Waals surface area contributed by atoms with E-state index in [1.807, 2.05) is 4.90 Å². The number of amides is 2. The quantitative estimate of drug-likeness (QED) is 0.542. The first-order chi connectivity index (χ1) is 15.8. The van der Waals surface area contributed by atoms with Crippen molar-refractivity contribution in [2.75, 3.05) is 57.9 Å². The van der Waals surface area contributed by atoms with Crippen LogP contribution >= 0.6 is 0 Å². The normalized spacial score (nSPS) is 20.4. The van der Waals surface area contributed by atoms with Gasteiger partial charge in [-0.2, -0.15) is 0 Å². The summed E-state index contributed by atoms with van der Waals surface area (Å²) in [6, 6.07) is 4.68. The monoisotopic (exact) mass is 465 g/mol. The van der Waals surface area contributed by atoms with Crippen LogP contribution in [0, 0.1) is 5.82 Å². The Balaban J connectivity index is 1.54. The maximum Gasteiger partial charge on any atom is 0.332 e. The number of esters is 2. The van der Waals surface area contributed by atoms with E-state index in [4.69, 9.17) is 9.47 Å². The second kappa shape index (κ2) is 11.1. The fourth-order valence-corrected chi connectivity index (χ4v) is 3.89. The van der Waals surface area contributed by atoms with Crippen molar-refractivity contribution in [3.05, 3.63) is 29.6 Å². The van der Waals surface area contributed by atoms with Crippen LogP contribution in [0.3, 0.4) is 0 Å². The lowest BCUT2D eigenvalue weighted by Gasteiger charge is -2.36. The van der Waals surface area contributed by atoms with Crippen molar-refractivity contribution in [3.63, 3.8) is 0 Å². The van der Waals surface area contributed by atoms with Crippen LogP contribution in [0.15, 0.2) is 18.2 Å². The van der Waals surface area contributed by atoms with Gasteiger partial charge in [-0.05, 0) is 17.7 Å². The number of nitrogens with zero attached hydrogens (tertiary/aromatic N) is 2. The molecular formula is C22H28FN3O7. The number of carbonyl (C=O) groups excluding carboxylic acids is 4. The van der Waals surface area contributed by atoms with Crippen LogP contribution in [0.2, 0.25) is 0 Å². The predicted molar refractivity (Wildman–Crippen MR) is 114 cm³/mol. The third-order valence-corrected chi connectivity index (χ3v) is 5.61. The minimum Gasteiger partial charge on any atom is -0.460 e. The van der Waals surface area contributed by atoms with Crippen molar-refractivity contribution in [2.45, 2.75) is 25.4 Å². The summed E-state index contributed by atoms with van der Waals surface area (Å²) in [5.74, 6) is -2.61. The molecule has 0 radical (unpaired) electrons. The van der Waals surface area contributed by atoms with Crippen LogP contribution in [-0.4, -0.2) is 87.8 Å². The molecule has 2 fully saturated rings. The van der Waals surface area contributed by atoms with Crippen LogP contribution in [0.1, 0.15) is 24.8 Å². The molecule has 1 N–H and O–H groups in total. The SMILES string of the molecule is COCC(=O)OCC(=O)N1CCN(c2ccc([C@H]3CC(CNC(C)=O)OC3=O)cc2F)CC1. The number of rotatable bonds is 8. The molecule has 0 saturated carbocycles. The zero-order valence-corrected chi connectivity index (χ0v) is 18.7. The molecule has 1 aromatic rings. The van der Waals surface area contributed by atoms with E-state index in [0.29, 0.717) is 43.9 Å². The van der Waals surface area contributed by atoms with Crippen LogP contribution in [-0.2, 0) is 33.4 Å². The number of halogens is 1. The molecule has 180 valence electrons. The number of benzene rings is 1. The second-order valence-electron chi connectivity index (χ2n) is 7.96. The Morgan fingerprint density at radius 2 is 1.91 bits per heavy atom. The first-order valence-corrected chi connectivity index (χ1v) is 10.7. The average molecular weight is 465 g/mol. The molecule has 1 unspecified atom stereocenters. The molecule has 2 atom stereocenters. The van der Waals surface area contributed by atoms with Crippen molar-refractivity contribution in [1.29, 1.82) is 0 Å². The standard InChI is InChI=1S/C22H28FN3O7/c1-14(27)24-11-16-10-17(22(30)33-16)15-3-4-19(18(23)9-15)25-5-7-26(8-6-25)20(28)12-32-21(29)13-31-2/h3-4,9,16-17H,5-8,10-13H2,1-2H3,(H,24,27)/t16?,17-/m1/s1. The van der Waals surface area contributed by atoms with Gasteiger partial charge in [-0.25, -0.2) is 9.18 Å². The van der Waals surface area contributed by atoms with E-state index in [1.54, 1.807) is 17.0 Å². The summed E-state index contributed by atoms with van der Waals surface area (Å²) in [6.45, 7) is 2.60. The molecule has 2 aliphatic heterocycles. The fraction of sp³-hybridized carbons (Fsp3) is 0.545. The molecule has 2 saturated heterocycles. The zero-order valence-electron chi connectivity index (χ0n) is 18.7. The number of cyclic esters (lactones) is 1. The minimum atomic E-state index is -0.612. The Morgan fingerprint density at radius 3 is 2.55 bits per heavy atom. The molecule has 0 bridgehead atoms. The number of piperazine rings is 1. The van der Waals surface area contributed by atoms with E-state index < -0.39 is 29.8 Å². The molecule has 10 nitrogen and oxygen atoms in total. The van der Waals surface area contributed by atoms with Crippen LogP contribution < -0.4 is 10.2 Å². The molecule has 0 spiro atoms. The highest BCUT2D eigenvalue weighted by Crippen LogP contribution is 2.33. The van der Waals surface area contributed by atoms with Gasteiger partial charge in [0.15, 0.2) is 6.61 Å². The van der Waals surface area contributed by atoms with Crippen LogP contribution in [0.5, 0.6) is 0 Å². The third-order valence-electron chi connectivity index (χ3n) is 5.61. The molecule has 2 heterocycles. The van der Waals surface area contributed by atoms with Crippen LogP contribution in [0.4, 0.5) is 10.1 Å². The molecular weight excluding hydrogens is 437 g/mol. The van der Waals surface area contributed by atoms with Crippen molar-refractivity contribution in [1.82, 2.24) is 10.2 Å². The lowest BCUT2D eigenvalue weighted by molar-refractivity contribution is -0.155. The largest absolute Gasteiger partial charge is 0.460 e. The summed E-state index contributed by atoms with van der Waals surface area (Å²) in [5, 5.41) is 2.62. The summed E-state index contributed by atoms with van der Waals surface area (Å²) in [7, 11) is 1.36. The van der Waals surface area contributed by atoms with Gasteiger partial charge in [0.05, 0.1) is 18.2 Å². The van der Waals surface area contributed by atoms with Gasteiger partial charge in [-0.15, -0.1) is 0 Å². The number of nitrogens with one attached hydrogen (secondary N) is 1. The summed E-state index contributed by atoms with van der Waals surface area (Å²) in [4.78, 5) is 50.2. The Labute approximate surface area is 190 Å². The Kier molecular flexibility index (Phi) is 8.21. The van der Waals surface area contributed by atoms with E-state index in [1.165, 1.54) is 20.1 Å². The number of hydrogen-bond acceptors (Lipinski definition) is 8. The van der Waals surface area contributed by atoms with Crippen molar-refractivity contribution < 1.29 is 37.8 Å². The number of ether oxygens (including phenoxy) is 3. The average Bonchev–Trinajstić information content (AvgIpc) is 3.17. The first kappa shape index (κ1) is 24.4. The number of methoxy groups -OCH3 is 1. The number of anilines is 1. The van der Waals surface area contributed by atoms with Gasteiger partial charge in [-0.3, -0.25) is 14.4 Å². The first-order valence-electron chi connectivity index (χ1n) is 10.7. The molecule has 0 aliphatic carbocycles. The fourth-order valence-electron chi connectivity index (χ4n) is 3.89. The van der Waals surface area contributed by atoms with Gasteiger partial charge in [0.2, 0.25) is 5.91 Å². The number of carbonyl (C=O) groups is 4. The highest BCUT2D eigenvalue weighted by molar-refractivity contribution is 5.82. The number of hydrogen-bond donors (Lipinski definition) is 1. The maximum atomic E-state index is 14.9. The minimum absolute atomic E-state index is 0.209. The van der Waals surface area contributed by atoms with Gasteiger partial charge < -0.3 is 29.3 Å². The van der Waals surface area contributed by atoms with E-state index in [9.17, 15) is 23.6 Å². The van der Waals surface area contributed by atoms with E-state index in [2.05, 4.69) is 10.1 Å². The Morgan fingerprint density at radius 1 is 1.18 bits per heavy atom. The summed E-state index contributed by atoms with van der Waals surface area (Å²) in [6.07, 6.45) is -0.0679. The van der Waals surface area contributed by atoms with E-state index in [-0.39, 0.29) is 31.6 Å². The lowest BCUT2D eigenvalue weighted by Crippen LogP contribution is -2.50. The Hall–Kier alpha value is -3.21. The van der Waals surface area contributed by atoms with Crippen molar-refractivity contribution >= 4 is 29.4 Å². The summed E-state index contributed by atoms with van der Waals surface area (Å²) >= 11 is 0. The van der Waals surface area contributed by atoms with Crippen LogP contribution in [0.25, 0.3) is 0 Å². The zero-order chi connectivity index (χ0) is 24.0. The maximum absolute atomic E-state index is 14.9.